The molecule has 0 bridgehead atoms. The van der Waals surface area contributed by atoms with Gasteiger partial charge in [0.25, 0.3) is 0 Å². The van der Waals surface area contributed by atoms with Gasteiger partial charge in [0.05, 0.1) is 23.3 Å². The summed E-state index contributed by atoms with van der Waals surface area (Å²) in [6, 6.07) is 20.3. The molecule has 4 rings (SSSR count). The number of hydrogen-bond donors (Lipinski definition) is 4. The summed E-state index contributed by atoms with van der Waals surface area (Å²) >= 11 is 0. The maximum absolute atomic E-state index is 13.2. The van der Waals surface area contributed by atoms with Gasteiger partial charge >= 0.3 is 6.09 Å². The molecule has 4 aromatic rings. The first-order valence-electron chi connectivity index (χ1n) is 12.6. The van der Waals surface area contributed by atoms with Gasteiger partial charge in [-0.25, -0.2) is 9.78 Å². The number of rotatable bonds is 7. The molecule has 38 heavy (non-hydrogen) atoms. The Hall–Kier alpha value is -4.17. The van der Waals surface area contributed by atoms with Gasteiger partial charge in [-0.2, -0.15) is 0 Å². The predicted octanol–water partition coefficient (Wildman–Crippen LogP) is 6.11. The van der Waals surface area contributed by atoms with Crippen molar-refractivity contribution < 1.29 is 19.4 Å². The smallest absolute Gasteiger partial charge is 0.408 e. The van der Waals surface area contributed by atoms with Crippen molar-refractivity contribution >= 4 is 50.9 Å². The number of nitrogens with zero attached hydrogens (tertiary/aromatic N) is 1. The average Bonchev–Trinajstić information content (AvgIpc) is 2.85. The van der Waals surface area contributed by atoms with Gasteiger partial charge in [0.1, 0.15) is 11.6 Å². The third-order valence-electron chi connectivity index (χ3n) is 5.92. The van der Waals surface area contributed by atoms with Crippen molar-refractivity contribution in [3.05, 3.63) is 72.3 Å². The van der Waals surface area contributed by atoms with E-state index in [1.807, 2.05) is 68.4 Å². The number of aromatic nitrogens is 1. The van der Waals surface area contributed by atoms with E-state index in [4.69, 9.17) is 9.72 Å². The SMILES string of the molecule is CC(C)[C@H](NC(=O)OC(C)(C)C)C(=O)Nc1cc(CO)cc(Nc2c3ccccc3nc3ccccc23)c1. The van der Waals surface area contributed by atoms with Crippen LogP contribution in [-0.4, -0.2) is 33.7 Å². The molecule has 1 aromatic heterocycles. The molecule has 0 aliphatic rings. The Morgan fingerprint density at radius 1 is 0.921 bits per heavy atom. The Balaban J connectivity index is 1.64. The van der Waals surface area contributed by atoms with E-state index in [0.717, 1.165) is 27.5 Å². The van der Waals surface area contributed by atoms with Crippen molar-refractivity contribution in [2.24, 2.45) is 5.92 Å². The highest BCUT2D eigenvalue weighted by atomic mass is 16.6. The number of pyridine rings is 1. The average molecular weight is 515 g/mol. The molecule has 0 saturated heterocycles. The van der Waals surface area contributed by atoms with Crippen LogP contribution in [0.1, 0.15) is 40.2 Å². The van der Waals surface area contributed by atoms with Gasteiger partial charge in [0.2, 0.25) is 5.91 Å². The Morgan fingerprint density at radius 2 is 1.50 bits per heavy atom. The molecule has 8 heteroatoms. The number of carbonyl (C=O) groups is 2. The van der Waals surface area contributed by atoms with Crippen LogP contribution in [0.25, 0.3) is 21.8 Å². The molecule has 1 atom stereocenters. The molecule has 2 amide bonds. The molecule has 3 aromatic carbocycles. The second-order valence-corrected chi connectivity index (χ2v) is 10.6. The van der Waals surface area contributed by atoms with E-state index in [1.165, 1.54) is 0 Å². The maximum atomic E-state index is 13.2. The van der Waals surface area contributed by atoms with Crippen LogP contribution in [-0.2, 0) is 16.1 Å². The van der Waals surface area contributed by atoms with Crippen LogP contribution in [0.5, 0.6) is 0 Å². The van der Waals surface area contributed by atoms with E-state index in [9.17, 15) is 14.7 Å². The molecule has 198 valence electrons. The lowest BCUT2D eigenvalue weighted by Gasteiger charge is -2.25. The van der Waals surface area contributed by atoms with Gasteiger partial charge in [0.15, 0.2) is 0 Å². The number of benzene rings is 3. The van der Waals surface area contributed by atoms with E-state index in [2.05, 4.69) is 16.0 Å². The van der Waals surface area contributed by atoms with Gasteiger partial charge < -0.3 is 25.8 Å². The Bertz CT molecular complexity index is 1420. The highest BCUT2D eigenvalue weighted by molar-refractivity contribution is 6.08. The fourth-order valence-electron chi connectivity index (χ4n) is 4.24. The predicted molar refractivity (Wildman–Crippen MR) is 152 cm³/mol. The standard InChI is InChI=1S/C30H34N4O4/c1-18(2)26(34-29(37)38-30(3,4)5)28(36)32-21-15-19(17-35)14-20(16-21)31-27-22-10-6-8-12-24(22)33-25-13-9-7-11-23(25)27/h6-16,18,26,35H,17H2,1-5H3,(H,31,33)(H,32,36)(H,34,37)/t26-/m0/s1. The van der Waals surface area contributed by atoms with Crippen LogP contribution < -0.4 is 16.0 Å². The van der Waals surface area contributed by atoms with Crippen LogP contribution in [0.3, 0.4) is 0 Å². The van der Waals surface area contributed by atoms with Crippen LogP contribution in [0.2, 0.25) is 0 Å². The Kier molecular flexibility index (Phi) is 7.83. The zero-order valence-corrected chi connectivity index (χ0v) is 22.3. The highest BCUT2D eigenvalue weighted by Gasteiger charge is 2.27. The number of nitrogens with one attached hydrogen (secondary N) is 3. The summed E-state index contributed by atoms with van der Waals surface area (Å²) in [5.41, 5.74) is 3.71. The molecule has 0 spiro atoms. The Labute approximate surface area is 222 Å². The first-order chi connectivity index (χ1) is 18.0. The largest absolute Gasteiger partial charge is 0.444 e. The third-order valence-corrected chi connectivity index (χ3v) is 5.92. The second-order valence-electron chi connectivity index (χ2n) is 10.6. The molecular weight excluding hydrogens is 480 g/mol. The van der Waals surface area contributed by atoms with Crippen LogP contribution in [0.15, 0.2) is 66.7 Å². The van der Waals surface area contributed by atoms with Gasteiger partial charge in [0, 0.05) is 22.1 Å². The molecular formula is C30H34N4O4. The van der Waals surface area contributed by atoms with E-state index in [-0.39, 0.29) is 18.4 Å². The number of alkyl carbamates (subject to hydrolysis) is 1. The number of carbonyl (C=O) groups excluding carboxylic acids is 2. The lowest BCUT2D eigenvalue weighted by molar-refractivity contribution is -0.119. The summed E-state index contributed by atoms with van der Waals surface area (Å²) in [5, 5.41) is 20.9. The number of fused-ring (bicyclic) bond motifs is 2. The lowest BCUT2D eigenvalue weighted by Crippen LogP contribution is -2.48. The molecule has 0 aliphatic heterocycles. The Morgan fingerprint density at radius 3 is 2.05 bits per heavy atom. The van der Waals surface area contributed by atoms with Crippen molar-refractivity contribution in [1.82, 2.24) is 10.3 Å². The van der Waals surface area contributed by atoms with Gasteiger partial charge in [-0.15, -0.1) is 0 Å². The summed E-state index contributed by atoms with van der Waals surface area (Å²) in [6.07, 6.45) is -0.658. The minimum atomic E-state index is -0.813. The molecule has 0 radical (unpaired) electrons. The van der Waals surface area contributed by atoms with Crippen molar-refractivity contribution in [3.63, 3.8) is 0 Å². The van der Waals surface area contributed by atoms with Crippen molar-refractivity contribution in [2.75, 3.05) is 10.6 Å². The fraction of sp³-hybridized carbons (Fsp3) is 0.300. The van der Waals surface area contributed by atoms with Crippen molar-refractivity contribution in [3.8, 4) is 0 Å². The summed E-state index contributed by atoms with van der Waals surface area (Å²) in [4.78, 5) is 30.3. The number of ether oxygens (including phenoxy) is 1. The molecule has 8 nitrogen and oxygen atoms in total. The minimum Gasteiger partial charge on any atom is -0.444 e. The molecule has 0 unspecified atom stereocenters. The van der Waals surface area contributed by atoms with E-state index in [1.54, 1.807) is 32.9 Å². The van der Waals surface area contributed by atoms with Gasteiger partial charge in [-0.05, 0) is 62.6 Å². The zero-order chi connectivity index (χ0) is 27.4. The maximum Gasteiger partial charge on any atom is 0.408 e. The summed E-state index contributed by atoms with van der Waals surface area (Å²) in [5.74, 6) is -0.567. The zero-order valence-electron chi connectivity index (χ0n) is 22.3. The summed E-state index contributed by atoms with van der Waals surface area (Å²) in [7, 11) is 0. The first-order valence-corrected chi connectivity index (χ1v) is 12.6. The number of amides is 2. The normalized spacial score (nSPS) is 12.4. The van der Waals surface area contributed by atoms with Crippen LogP contribution in [0, 0.1) is 5.92 Å². The molecule has 0 saturated carbocycles. The third kappa shape index (κ3) is 6.39. The van der Waals surface area contributed by atoms with Gasteiger partial charge in [-0.1, -0.05) is 50.2 Å². The number of para-hydroxylation sites is 2. The quantitative estimate of drug-likeness (QED) is 0.221. The number of aliphatic hydroxyl groups excluding tert-OH is 1. The molecule has 0 aliphatic carbocycles. The topological polar surface area (TPSA) is 113 Å². The minimum absolute atomic E-state index is 0.185. The van der Waals surface area contributed by atoms with E-state index in [0.29, 0.717) is 16.9 Å². The molecule has 0 fully saturated rings. The number of anilines is 3. The van der Waals surface area contributed by atoms with Crippen LogP contribution in [0.4, 0.5) is 21.9 Å². The van der Waals surface area contributed by atoms with E-state index < -0.39 is 17.7 Å². The second kappa shape index (κ2) is 11.1. The van der Waals surface area contributed by atoms with Crippen LogP contribution >= 0.6 is 0 Å². The van der Waals surface area contributed by atoms with Crippen molar-refractivity contribution in [2.45, 2.75) is 52.9 Å². The summed E-state index contributed by atoms with van der Waals surface area (Å²) < 4.78 is 5.33. The fourth-order valence-corrected chi connectivity index (χ4v) is 4.24. The summed E-state index contributed by atoms with van der Waals surface area (Å²) in [6.45, 7) is 8.78. The molecule has 1 heterocycles. The number of aliphatic hydroxyl groups is 1. The van der Waals surface area contributed by atoms with Gasteiger partial charge in [-0.3, -0.25) is 4.79 Å². The molecule has 4 N–H and O–H groups in total. The number of hydrogen-bond acceptors (Lipinski definition) is 6. The highest BCUT2D eigenvalue weighted by Crippen LogP contribution is 2.34. The van der Waals surface area contributed by atoms with Crippen molar-refractivity contribution in [1.29, 1.82) is 0 Å². The van der Waals surface area contributed by atoms with E-state index >= 15 is 0 Å². The lowest BCUT2D eigenvalue weighted by atomic mass is 10.0. The first kappa shape index (κ1) is 26.9. The monoisotopic (exact) mass is 514 g/mol.